The molecule has 1 N–H and O–H groups in total. The largest absolute Gasteiger partial charge is 0.354 e. The minimum absolute atomic E-state index is 0.0671. The number of hydrogen-bond donors (Lipinski definition) is 1. The number of nitrogens with one attached hydrogen (secondary N) is 1. The molecular weight excluding hydrogens is 428 g/mol. The van der Waals surface area contributed by atoms with Crippen molar-refractivity contribution in [2.24, 2.45) is 0 Å². The third kappa shape index (κ3) is 4.93. The van der Waals surface area contributed by atoms with Crippen LogP contribution in [0, 0.1) is 6.92 Å². The van der Waals surface area contributed by atoms with E-state index in [4.69, 9.17) is 11.6 Å². The Balaban J connectivity index is 1.32. The zero-order valence-electron chi connectivity index (χ0n) is 16.8. The minimum Gasteiger partial charge on any atom is -0.354 e. The molecule has 0 bridgehead atoms. The van der Waals surface area contributed by atoms with Gasteiger partial charge < -0.3 is 10.2 Å². The molecule has 2 fully saturated rings. The molecule has 2 aliphatic rings. The number of carbonyl (C=O) groups is 1. The number of nitrogens with zero attached hydrogens (tertiary/aromatic N) is 5. The highest BCUT2D eigenvalue weighted by atomic mass is 35.5. The molecule has 11 heteroatoms. The van der Waals surface area contributed by atoms with E-state index in [1.807, 2.05) is 19.1 Å². The van der Waals surface area contributed by atoms with Gasteiger partial charge in [-0.15, -0.1) is 0 Å². The lowest BCUT2D eigenvalue weighted by Gasteiger charge is -2.35. The SMILES string of the molecule is Cc1cc(NC(=O)CN2CCN(c3ccc(Cl)cn3)CC2)n(C2CCS(=O)(=O)C2)n1. The van der Waals surface area contributed by atoms with Crippen molar-refractivity contribution in [3.05, 3.63) is 35.1 Å². The van der Waals surface area contributed by atoms with Gasteiger partial charge in [-0.1, -0.05) is 11.6 Å². The number of hydrogen-bond acceptors (Lipinski definition) is 7. The number of pyridine rings is 1. The maximum Gasteiger partial charge on any atom is 0.239 e. The predicted octanol–water partition coefficient (Wildman–Crippen LogP) is 1.36. The second-order valence-corrected chi connectivity index (χ2v) is 10.5. The highest BCUT2D eigenvalue weighted by Crippen LogP contribution is 2.27. The smallest absolute Gasteiger partial charge is 0.239 e. The topological polar surface area (TPSA) is 100 Å². The molecule has 30 heavy (non-hydrogen) atoms. The van der Waals surface area contributed by atoms with Gasteiger partial charge >= 0.3 is 0 Å². The summed E-state index contributed by atoms with van der Waals surface area (Å²) in [6.07, 6.45) is 2.16. The molecule has 2 aliphatic heterocycles. The minimum atomic E-state index is -3.03. The fraction of sp³-hybridized carbons (Fsp3) is 0.526. The molecule has 9 nitrogen and oxygen atoms in total. The fourth-order valence-corrected chi connectivity index (χ4v) is 5.74. The highest BCUT2D eigenvalue weighted by Gasteiger charge is 2.31. The number of sulfone groups is 1. The van der Waals surface area contributed by atoms with E-state index in [0.29, 0.717) is 17.3 Å². The van der Waals surface area contributed by atoms with E-state index in [1.54, 1.807) is 16.9 Å². The van der Waals surface area contributed by atoms with Crippen molar-refractivity contribution in [3.8, 4) is 0 Å². The number of rotatable bonds is 5. The lowest BCUT2D eigenvalue weighted by atomic mass is 10.2. The molecular formula is C19H25ClN6O3S. The van der Waals surface area contributed by atoms with Crippen molar-refractivity contribution in [2.75, 3.05) is 54.4 Å². The third-order valence-electron chi connectivity index (χ3n) is 5.45. The number of aryl methyl sites for hydroxylation is 1. The number of anilines is 2. The summed E-state index contributed by atoms with van der Waals surface area (Å²) in [5, 5.41) is 7.94. The Morgan fingerprint density at radius 3 is 2.67 bits per heavy atom. The first-order chi connectivity index (χ1) is 14.3. The van der Waals surface area contributed by atoms with Crippen molar-refractivity contribution in [2.45, 2.75) is 19.4 Å². The van der Waals surface area contributed by atoms with Gasteiger partial charge in [-0.25, -0.2) is 18.1 Å². The Hall–Kier alpha value is -2.17. The average Bonchev–Trinajstić information content (AvgIpc) is 3.24. The van der Waals surface area contributed by atoms with Gasteiger partial charge in [-0.2, -0.15) is 5.10 Å². The quantitative estimate of drug-likeness (QED) is 0.730. The Bertz CT molecular complexity index is 1020. The van der Waals surface area contributed by atoms with E-state index < -0.39 is 9.84 Å². The summed E-state index contributed by atoms with van der Waals surface area (Å²) in [7, 11) is -3.03. The van der Waals surface area contributed by atoms with E-state index in [0.717, 1.165) is 37.7 Å². The summed E-state index contributed by atoms with van der Waals surface area (Å²) < 4.78 is 25.3. The maximum absolute atomic E-state index is 12.6. The Morgan fingerprint density at radius 2 is 2.03 bits per heavy atom. The van der Waals surface area contributed by atoms with Crippen molar-refractivity contribution in [1.29, 1.82) is 0 Å². The molecule has 2 aromatic heterocycles. The normalized spacial score (nSPS) is 21.7. The van der Waals surface area contributed by atoms with Crippen molar-refractivity contribution < 1.29 is 13.2 Å². The van der Waals surface area contributed by atoms with E-state index in [-0.39, 0.29) is 30.0 Å². The third-order valence-corrected chi connectivity index (χ3v) is 7.43. The first-order valence-electron chi connectivity index (χ1n) is 9.94. The Morgan fingerprint density at radius 1 is 1.27 bits per heavy atom. The van der Waals surface area contributed by atoms with E-state index in [9.17, 15) is 13.2 Å². The zero-order valence-corrected chi connectivity index (χ0v) is 18.4. The lowest BCUT2D eigenvalue weighted by molar-refractivity contribution is -0.117. The predicted molar refractivity (Wildman–Crippen MR) is 116 cm³/mol. The molecule has 2 aromatic rings. The molecule has 0 saturated carbocycles. The second-order valence-electron chi connectivity index (χ2n) is 7.82. The van der Waals surface area contributed by atoms with Crippen molar-refractivity contribution in [1.82, 2.24) is 19.7 Å². The molecule has 0 aromatic carbocycles. The van der Waals surface area contributed by atoms with Crippen LogP contribution in [0.3, 0.4) is 0 Å². The Kier molecular flexibility index (Phi) is 5.99. The van der Waals surface area contributed by atoms with Crippen LogP contribution in [0.2, 0.25) is 5.02 Å². The van der Waals surface area contributed by atoms with Gasteiger partial charge in [0.1, 0.15) is 11.6 Å². The van der Waals surface area contributed by atoms with Gasteiger partial charge in [0.2, 0.25) is 5.91 Å². The van der Waals surface area contributed by atoms with Crippen LogP contribution < -0.4 is 10.2 Å². The molecule has 2 saturated heterocycles. The van der Waals surface area contributed by atoms with Crippen LogP contribution >= 0.6 is 11.6 Å². The van der Waals surface area contributed by atoms with Gasteiger partial charge in [0.15, 0.2) is 9.84 Å². The number of amides is 1. The lowest BCUT2D eigenvalue weighted by Crippen LogP contribution is -2.49. The van der Waals surface area contributed by atoms with Crippen LogP contribution in [0.25, 0.3) is 0 Å². The molecule has 1 atom stereocenters. The van der Waals surface area contributed by atoms with Crippen LogP contribution in [-0.4, -0.2) is 78.2 Å². The summed E-state index contributed by atoms with van der Waals surface area (Å²) in [5.74, 6) is 1.54. The second kappa shape index (κ2) is 8.52. The molecule has 1 unspecified atom stereocenters. The molecule has 162 valence electrons. The highest BCUT2D eigenvalue weighted by molar-refractivity contribution is 7.91. The number of aromatic nitrogens is 3. The van der Waals surface area contributed by atoms with Crippen LogP contribution in [-0.2, 0) is 14.6 Å². The van der Waals surface area contributed by atoms with Gasteiger partial charge in [0, 0.05) is 38.4 Å². The summed E-state index contributed by atoms with van der Waals surface area (Å²) in [4.78, 5) is 21.2. The molecule has 4 heterocycles. The molecule has 1 amide bonds. The number of piperazine rings is 1. The van der Waals surface area contributed by atoms with Crippen LogP contribution in [0.1, 0.15) is 18.2 Å². The Labute approximate surface area is 180 Å². The maximum atomic E-state index is 12.6. The van der Waals surface area contributed by atoms with Gasteiger partial charge in [-0.3, -0.25) is 9.69 Å². The van der Waals surface area contributed by atoms with Crippen molar-refractivity contribution >= 4 is 39.0 Å². The van der Waals surface area contributed by atoms with Gasteiger partial charge in [-0.05, 0) is 25.5 Å². The first kappa shape index (κ1) is 21.1. The fourth-order valence-electron chi connectivity index (χ4n) is 3.93. The summed E-state index contributed by atoms with van der Waals surface area (Å²) in [6.45, 7) is 5.15. The molecule has 0 aliphatic carbocycles. The van der Waals surface area contributed by atoms with Crippen LogP contribution in [0.15, 0.2) is 24.4 Å². The summed E-state index contributed by atoms with van der Waals surface area (Å²) >= 11 is 5.90. The first-order valence-corrected chi connectivity index (χ1v) is 12.1. The molecule has 0 radical (unpaired) electrons. The van der Waals surface area contributed by atoms with Crippen LogP contribution in [0.4, 0.5) is 11.6 Å². The van der Waals surface area contributed by atoms with Crippen LogP contribution in [0.5, 0.6) is 0 Å². The molecule has 0 spiro atoms. The average molecular weight is 453 g/mol. The summed E-state index contributed by atoms with van der Waals surface area (Å²) in [6, 6.07) is 5.28. The standard InChI is InChI=1S/C19H25ClN6O3S/c1-14-10-18(26(23-14)16-4-9-30(28,29)13-16)22-19(27)12-24-5-7-25(8-6-24)17-3-2-15(20)11-21-17/h2-3,10-11,16H,4-9,12-13H2,1H3,(H,22,27). The van der Waals surface area contributed by atoms with Gasteiger partial charge in [0.05, 0.1) is 34.8 Å². The van der Waals surface area contributed by atoms with E-state index in [1.165, 1.54) is 0 Å². The van der Waals surface area contributed by atoms with E-state index in [2.05, 4.69) is 25.2 Å². The number of halogens is 1. The van der Waals surface area contributed by atoms with Crippen molar-refractivity contribution in [3.63, 3.8) is 0 Å². The monoisotopic (exact) mass is 452 g/mol. The number of carbonyl (C=O) groups excluding carboxylic acids is 1. The van der Waals surface area contributed by atoms with Gasteiger partial charge in [0.25, 0.3) is 0 Å². The zero-order chi connectivity index (χ0) is 21.3. The summed E-state index contributed by atoms with van der Waals surface area (Å²) in [5.41, 5.74) is 0.749. The van der Waals surface area contributed by atoms with E-state index >= 15 is 0 Å². The molecule has 4 rings (SSSR count).